The zero-order valence-corrected chi connectivity index (χ0v) is 14.8. The quantitative estimate of drug-likeness (QED) is 0.396. The fourth-order valence-corrected chi connectivity index (χ4v) is 3.51. The third kappa shape index (κ3) is 4.06. The van der Waals surface area contributed by atoms with Gasteiger partial charge in [-0.1, -0.05) is 60.7 Å². The molecule has 25 heavy (non-hydrogen) atoms. The first-order valence-electron chi connectivity index (χ1n) is 7.49. The van der Waals surface area contributed by atoms with Crippen LogP contribution in [0, 0.1) is 0 Å². The molecule has 0 radical (unpaired) electrons. The van der Waals surface area contributed by atoms with Crippen LogP contribution in [-0.4, -0.2) is 25.3 Å². The Morgan fingerprint density at radius 2 is 1.60 bits per heavy atom. The Kier molecular flexibility index (Phi) is 5.14. The lowest BCUT2D eigenvalue weighted by Crippen LogP contribution is -2.08. The molecule has 3 aromatic carbocycles. The Balaban J connectivity index is 1.95. The molecule has 3 aromatic rings. The SMILES string of the molecule is O=S(=O)(C/N=C(\N=C=S)c1ccccc1)c1ccc2ccccc2c1. The van der Waals surface area contributed by atoms with Crippen LogP contribution in [0.5, 0.6) is 0 Å². The van der Waals surface area contributed by atoms with E-state index in [1.54, 1.807) is 30.3 Å². The van der Waals surface area contributed by atoms with E-state index < -0.39 is 15.7 Å². The summed E-state index contributed by atoms with van der Waals surface area (Å²) >= 11 is 4.64. The predicted octanol–water partition coefficient (Wildman–Crippen LogP) is 4.12. The first kappa shape index (κ1) is 17.2. The molecule has 0 fully saturated rings. The van der Waals surface area contributed by atoms with E-state index in [2.05, 4.69) is 27.4 Å². The highest BCUT2D eigenvalue weighted by molar-refractivity contribution is 7.91. The second kappa shape index (κ2) is 7.49. The molecule has 0 amide bonds. The number of hydrogen-bond donors (Lipinski definition) is 0. The molecule has 0 aliphatic rings. The molecule has 0 saturated heterocycles. The number of nitrogens with zero attached hydrogens (tertiary/aromatic N) is 2. The smallest absolute Gasteiger partial charge is 0.198 e. The minimum atomic E-state index is -3.58. The van der Waals surface area contributed by atoms with E-state index in [1.807, 2.05) is 42.5 Å². The van der Waals surface area contributed by atoms with Gasteiger partial charge in [0, 0.05) is 5.56 Å². The molecule has 3 rings (SSSR count). The highest BCUT2D eigenvalue weighted by Gasteiger charge is 2.15. The molecule has 0 saturated carbocycles. The zero-order valence-electron chi connectivity index (χ0n) is 13.2. The van der Waals surface area contributed by atoms with Gasteiger partial charge in [-0.15, -0.1) is 0 Å². The second-order valence-corrected chi connectivity index (χ2v) is 7.45. The van der Waals surface area contributed by atoms with Gasteiger partial charge in [0.1, 0.15) is 5.88 Å². The molecule has 6 heteroatoms. The van der Waals surface area contributed by atoms with Crippen molar-refractivity contribution in [1.29, 1.82) is 0 Å². The summed E-state index contributed by atoms with van der Waals surface area (Å²) in [6.45, 7) is 0. The van der Waals surface area contributed by atoms with Gasteiger partial charge in [-0.2, -0.15) is 4.99 Å². The summed E-state index contributed by atoms with van der Waals surface area (Å²) in [7, 11) is -3.58. The van der Waals surface area contributed by atoms with Crippen LogP contribution in [-0.2, 0) is 9.84 Å². The maximum absolute atomic E-state index is 12.6. The van der Waals surface area contributed by atoms with E-state index in [-0.39, 0.29) is 10.7 Å². The molecule has 0 bridgehead atoms. The van der Waals surface area contributed by atoms with Gasteiger partial charge in [0.05, 0.1) is 10.1 Å². The topological polar surface area (TPSA) is 58.9 Å². The van der Waals surface area contributed by atoms with Crippen LogP contribution < -0.4 is 0 Å². The summed E-state index contributed by atoms with van der Waals surface area (Å²) in [4.78, 5) is 8.27. The zero-order chi connectivity index (χ0) is 17.7. The summed E-state index contributed by atoms with van der Waals surface area (Å²) in [5.41, 5.74) is 0.688. The fourth-order valence-electron chi connectivity index (χ4n) is 2.40. The van der Waals surface area contributed by atoms with E-state index in [4.69, 9.17) is 0 Å². The summed E-state index contributed by atoms with van der Waals surface area (Å²) in [5, 5.41) is 4.10. The number of rotatable bonds is 4. The van der Waals surface area contributed by atoms with E-state index in [0.29, 0.717) is 5.56 Å². The van der Waals surface area contributed by atoms with Crippen molar-refractivity contribution in [3.05, 3.63) is 78.4 Å². The first-order chi connectivity index (χ1) is 12.1. The minimum Gasteiger partial charge on any atom is -0.249 e. The third-order valence-electron chi connectivity index (χ3n) is 3.65. The lowest BCUT2D eigenvalue weighted by atomic mass is 10.1. The number of benzene rings is 3. The third-order valence-corrected chi connectivity index (χ3v) is 5.18. The van der Waals surface area contributed by atoms with Crippen molar-refractivity contribution in [2.24, 2.45) is 9.98 Å². The Morgan fingerprint density at radius 1 is 0.920 bits per heavy atom. The van der Waals surface area contributed by atoms with Crippen LogP contribution in [0.2, 0.25) is 0 Å². The van der Waals surface area contributed by atoms with Crippen LogP contribution in [0.15, 0.2) is 87.7 Å². The van der Waals surface area contributed by atoms with E-state index in [1.165, 1.54) is 0 Å². The van der Waals surface area contributed by atoms with Gasteiger partial charge >= 0.3 is 0 Å². The van der Waals surface area contributed by atoms with Crippen molar-refractivity contribution in [3.8, 4) is 0 Å². The molecule has 4 nitrogen and oxygen atoms in total. The Hall–Kier alpha value is -2.66. The molecule has 0 aliphatic carbocycles. The van der Waals surface area contributed by atoms with E-state index in [0.717, 1.165) is 10.8 Å². The van der Waals surface area contributed by atoms with Gasteiger partial charge in [-0.3, -0.25) is 0 Å². The van der Waals surface area contributed by atoms with Crippen molar-refractivity contribution in [2.45, 2.75) is 4.90 Å². The number of fused-ring (bicyclic) bond motifs is 1. The first-order valence-corrected chi connectivity index (χ1v) is 9.55. The molecular weight excluding hydrogens is 352 g/mol. The highest BCUT2D eigenvalue weighted by Crippen LogP contribution is 2.20. The maximum Gasteiger partial charge on any atom is 0.198 e. The summed E-state index contributed by atoms with van der Waals surface area (Å²) in [6, 6.07) is 21.7. The minimum absolute atomic E-state index is 0.230. The van der Waals surface area contributed by atoms with E-state index in [9.17, 15) is 8.42 Å². The maximum atomic E-state index is 12.6. The van der Waals surface area contributed by atoms with Crippen LogP contribution >= 0.6 is 12.2 Å². The molecule has 0 spiro atoms. The molecule has 0 N–H and O–H groups in total. The molecule has 124 valence electrons. The Morgan fingerprint density at radius 3 is 2.32 bits per heavy atom. The van der Waals surface area contributed by atoms with Crippen LogP contribution in [0.3, 0.4) is 0 Å². The standard InChI is InChI=1S/C19H14N2O2S2/c22-25(23,18-11-10-15-6-4-5-9-17(15)12-18)14-21-19(20-13-24)16-7-2-1-3-8-16/h1-12H,14H2/b21-19-. The van der Waals surface area contributed by atoms with Crippen molar-refractivity contribution < 1.29 is 8.42 Å². The van der Waals surface area contributed by atoms with Gasteiger partial charge in [0.15, 0.2) is 15.7 Å². The monoisotopic (exact) mass is 366 g/mol. The Bertz CT molecular complexity index is 1080. The van der Waals surface area contributed by atoms with Gasteiger partial charge in [0.25, 0.3) is 0 Å². The Labute approximate surface area is 151 Å². The number of isothiocyanates is 1. The lowest BCUT2D eigenvalue weighted by Gasteiger charge is -2.05. The summed E-state index contributed by atoms with van der Waals surface area (Å²) in [6.07, 6.45) is 0. The van der Waals surface area contributed by atoms with Crippen LogP contribution in [0.4, 0.5) is 0 Å². The highest BCUT2D eigenvalue weighted by atomic mass is 32.2. The van der Waals surface area contributed by atoms with Crippen molar-refractivity contribution in [2.75, 3.05) is 5.88 Å². The molecular formula is C19H14N2O2S2. The lowest BCUT2D eigenvalue weighted by molar-refractivity contribution is 0.596. The number of aliphatic imine (C=N–C) groups is 2. The number of thiocarbonyl (C=S) groups is 1. The molecule has 0 heterocycles. The number of sulfone groups is 1. The van der Waals surface area contributed by atoms with E-state index >= 15 is 0 Å². The summed E-state index contributed by atoms with van der Waals surface area (Å²) < 4.78 is 25.2. The van der Waals surface area contributed by atoms with Gasteiger partial charge in [-0.05, 0) is 35.1 Å². The van der Waals surface area contributed by atoms with Crippen LogP contribution in [0.25, 0.3) is 10.8 Å². The van der Waals surface area contributed by atoms with Crippen molar-refractivity contribution in [1.82, 2.24) is 0 Å². The molecule has 0 unspecified atom stereocenters. The molecule has 0 aromatic heterocycles. The number of hydrogen-bond acceptors (Lipinski definition) is 4. The molecule has 0 aliphatic heterocycles. The second-order valence-electron chi connectivity index (χ2n) is 5.30. The van der Waals surface area contributed by atoms with Gasteiger partial charge in [0.2, 0.25) is 0 Å². The largest absolute Gasteiger partial charge is 0.249 e. The van der Waals surface area contributed by atoms with Crippen molar-refractivity contribution >= 4 is 43.8 Å². The average Bonchev–Trinajstić information content (AvgIpc) is 2.65. The predicted molar refractivity (Wildman–Crippen MR) is 104 cm³/mol. The normalized spacial score (nSPS) is 11.9. The fraction of sp³-hybridized carbons (Fsp3) is 0.0526. The molecule has 0 atom stereocenters. The summed E-state index contributed by atoms with van der Waals surface area (Å²) in [5.74, 6) is -0.157. The average molecular weight is 366 g/mol. The number of amidine groups is 1. The van der Waals surface area contributed by atoms with Gasteiger partial charge < -0.3 is 0 Å². The van der Waals surface area contributed by atoms with Crippen LogP contribution in [0.1, 0.15) is 5.56 Å². The van der Waals surface area contributed by atoms with Crippen molar-refractivity contribution in [3.63, 3.8) is 0 Å². The van der Waals surface area contributed by atoms with Gasteiger partial charge in [-0.25, -0.2) is 13.4 Å².